The van der Waals surface area contributed by atoms with E-state index >= 15 is 0 Å². The number of fused-ring (bicyclic) bond motifs is 2. The van der Waals surface area contributed by atoms with Crippen molar-refractivity contribution in [3.63, 3.8) is 0 Å². The summed E-state index contributed by atoms with van der Waals surface area (Å²) < 4.78 is 17.9. The minimum Gasteiger partial charge on any atom is -0.493 e. The second-order valence-corrected chi connectivity index (χ2v) is 11.9. The lowest BCUT2D eigenvalue weighted by molar-refractivity contribution is -0.116. The fourth-order valence-electron chi connectivity index (χ4n) is 6.01. The van der Waals surface area contributed by atoms with Gasteiger partial charge in [0, 0.05) is 50.4 Å². The lowest BCUT2D eigenvalue weighted by Crippen LogP contribution is -2.43. The minimum absolute atomic E-state index is 0.00285. The molecule has 13 heteroatoms. The molecule has 0 spiro atoms. The van der Waals surface area contributed by atoms with Gasteiger partial charge in [-0.3, -0.25) is 19.4 Å². The van der Waals surface area contributed by atoms with Crippen molar-refractivity contribution in [2.75, 3.05) is 38.0 Å². The van der Waals surface area contributed by atoms with Crippen LogP contribution in [0, 0.1) is 0 Å². The number of benzene rings is 2. The van der Waals surface area contributed by atoms with Gasteiger partial charge in [0.25, 0.3) is 11.8 Å². The largest absolute Gasteiger partial charge is 0.493 e. The molecule has 13 nitrogen and oxygen atoms in total. The second kappa shape index (κ2) is 14.5. The van der Waals surface area contributed by atoms with Crippen molar-refractivity contribution in [1.82, 2.24) is 14.5 Å². The van der Waals surface area contributed by atoms with E-state index in [4.69, 9.17) is 14.2 Å². The third kappa shape index (κ3) is 7.35. The molecule has 2 aromatic carbocycles. The molecule has 4 heterocycles. The third-order valence-corrected chi connectivity index (χ3v) is 8.60. The molecule has 254 valence electrons. The average Bonchev–Trinajstić information content (AvgIpc) is 3.72. The first-order valence-electron chi connectivity index (χ1n) is 16.1. The van der Waals surface area contributed by atoms with Crippen molar-refractivity contribution in [2.45, 2.75) is 38.1 Å². The fraction of sp³-hybridized carbons (Fsp3) is 0.306. The Morgan fingerprint density at radius 2 is 1.80 bits per heavy atom. The number of amides is 3. The minimum atomic E-state index is -0.453. The first-order chi connectivity index (χ1) is 23.7. The summed E-state index contributed by atoms with van der Waals surface area (Å²) >= 11 is 0. The lowest BCUT2D eigenvalue weighted by atomic mass is 10.0. The maximum Gasteiger partial charge on any atom is 0.354 e. The number of carbonyl (C=O) groups excluding carboxylic acids is 4. The number of piperidine rings is 1. The summed E-state index contributed by atoms with van der Waals surface area (Å²) in [5, 5.41) is 5.71. The van der Waals surface area contributed by atoms with Crippen LogP contribution in [0.2, 0.25) is 0 Å². The topological polar surface area (TPSA) is 156 Å². The summed E-state index contributed by atoms with van der Waals surface area (Å²) in [5.74, 6) is -0.181. The fourth-order valence-corrected chi connectivity index (χ4v) is 6.01. The van der Waals surface area contributed by atoms with Crippen LogP contribution in [0.5, 0.6) is 11.5 Å². The number of anilines is 2. The van der Waals surface area contributed by atoms with Crippen LogP contribution in [0.25, 0.3) is 11.1 Å². The molecule has 0 aliphatic carbocycles. The van der Waals surface area contributed by atoms with Gasteiger partial charge in [-0.1, -0.05) is 12.1 Å². The van der Waals surface area contributed by atoms with E-state index in [1.165, 1.54) is 14.2 Å². The van der Waals surface area contributed by atoms with E-state index in [0.717, 1.165) is 30.4 Å². The van der Waals surface area contributed by atoms with Gasteiger partial charge in [0.05, 0.1) is 43.8 Å². The Morgan fingerprint density at radius 3 is 2.57 bits per heavy atom. The van der Waals surface area contributed by atoms with Gasteiger partial charge in [-0.2, -0.15) is 0 Å². The standard InChI is InChI=1S/C36H38N6O7/c1-41-21-25(16-30(41)34(44)40-24-11-9-22(10-12-24)23-15-29(37-19-23)36(46)48-3)39-33(43)8-6-14-49-32-18-28-27(17-31(32)47-2)35(45)42-13-5-4-7-26(42)20-38-28/h9-12,15-21,26,37H,4-8,13-14H2,1-3H3,(H,39,43)(H,40,44). The molecule has 49 heavy (non-hydrogen) atoms. The first-order valence-corrected chi connectivity index (χ1v) is 16.1. The quantitative estimate of drug-likeness (QED) is 0.139. The van der Waals surface area contributed by atoms with Crippen LogP contribution in [-0.4, -0.2) is 77.8 Å². The zero-order valence-corrected chi connectivity index (χ0v) is 27.6. The molecule has 1 atom stereocenters. The zero-order valence-electron chi connectivity index (χ0n) is 27.6. The summed E-state index contributed by atoms with van der Waals surface area (Å²) in [4.78, 5) is 60.1. The van der Waals surface area contributed by atoms with Crippen LogP contribution in [-0.2, 0) is 16.6 Å². The van der Waals surface area contributed by atoms with Crippen molar-refractivity contribution in [3.05, 3.63) is 77.9 Å². The van der Waals surface area contributed by atoms with Crippen molar-refractivity contribution < 1.29 is 33.4 Å². The normalized spacial score (nSPS) is 15.1. The first kappa shape index (κ1) is 33.1. The molecule has 2 aliphatic heterocycles. The third-order valence-electron chi connectivity index (χ3n) is 8.60. The smallest absolute Gasteiger partial charge is 0.354 e. The number of aromatic nitrogens is 2. The Balaban J connectivity index is 0.999. The van der Waals surface area contributed by atoms with Crippen LogP contribution >= 0.6 is 0 Å². The number of methoxy groups -OCH3 is 2. The van der Waals surface area contributed by atoms with E-state index in [0.29, 0.717) is 58.5 Å². The van der Waals surface area contributed by atoms with Gasteiger partial charge in [0.15, 0.2) is 11.5 Å². The highest BCUT2D eigenvalue weighted by atomic mass is 16.5. The number of aliphatic imine (C=N–C) groups is 1. The number of aromatic amines is 1. The lowest BCUT2D eigenvalue weighted by Gasteiger charge is -2.32. The maximum atomic E-state index is 13.2. The van der Waals surface area contributed by atoms with Gasteiger partial charge in [-0.15, -0.1) is 0 Å². The molecular weight excluding hydrogens is 628 g/mol. The van der Waals surface area contributed by atoms with Crippen molar-refractivity contribution >= 4 is 47.0 Å². The monoisotopic (exact) mass is 666 g/mol. The van der Waals surface area contributed by atoms with Crippen LogP contribution in [0.15, 0.2) is 65.9 Å². The van der Waals surface area contributed by atoms with Crippen molar-refractivity contribution in [3.8, 4) is 22.6 Å². The van der Waals surface area contributed by atoms with E-state index in [1.54, 1.807) is 60.4 Å². The van der Waals surface area contributed by atoms with E-state index < -0.39 is 5.97 Å². The number of aryl methyl sites for hydroxylation is 1. The van der Waals surface area contributed by atoms with Crippen molar-refractivity contribution in [1.29, 1.82) is 0 Å². The number of nitrogens with zero attached hydrogens (tertiary/aromatic N) is 3. The second-order valence-electron chi connectivity index (χ2n) is 11.9. The number of rotatable bonds is 11. The number of esters is 1. The summed E-state index contributed by atoms with van der Waals surface area (Å²) in [7, 11) is 4.57. The molecule has 3 amide bonds. The van der Waals surface area contributed by atoms with E-state index in [-0.39, 0.29) is 36.8 Å². The average molecular weight is 667 g/mol. The molecule has 2 aliphatic rings. The summed E-state index contributed by atoms with van der Waals surface area (Å²) in [6, 6.07) is 13.9. The highest BCUT2D eigenvalue weighted by molar-refractivity contribution is 6.05. The predicted octanol–water partition coefficient (Wildman–Crippen LogP) is 5.58. The Kier molecular flexibility index (Phi) is 9.79. The Bertz CT molecular complexity index is 1910. The summed E-state index contributed by atoms with van der Waals surface area (Å²) in [6.07, 6.45) is 8.78. The van der Waals surface area contributed by atoms with Crippen LogP contribution in [0.1, 0.15) is 63.4 Å². The van der Waals surface area contributed by atoms with Gasteiger partial charge in [-0.05, 0) is 67.1 Å². The summed E-state index contributed by atoms with van der Waals surface area (Å²) in [6.45, 7) is 0.953. The summed E-state index contributed by atoms with van der Waals surface area (Å²) in [5.41, 5.74) is 4.49. The Hall–Kier alpha value is -5.85. The predicted molar refractivity (Wildman–Crippen MR) is 184 cm³/mol. The number of H-pyrrole nitrogens is 1. The maximum absolute atomic E-state index is 13.2. The van der Waals surface area contributed by atoms with E-state index in [1.807, 2.05) is 23.2 Å². The molecule has 3 N–H and O–H groups in total. The molecular formula is C36H38N6O7. The molecule has 0 radical (unpaired) electrons. The SMILES string of the molecule is COC(=O)c1cc(-c2ccc(NC(=O)c3cc(NC(=O)CCCOc4cc5c(cc4OC)C(=O)N4CCCCC4C=N5)cn3C)cc2)c[nH]1. The number of nitrogens with one attached hydrogen (secondary N) is 3. The van der Waals surface area contributed by atoms with Gasteiger partial charge in [-0.25, -0.2) is 4.79 Å². The molecule has 4 aromatic rings. The van der Waals surface area contributed by atoms with E-state index in [2.05, 4.69) is 20.6 Å². The van der Waals surface area contributed by atoms with Crippen LogP contribution in [0.3, 0.4) is 0 Å². The van der Waals surface area contributed by atoms with E-state index in [9.17, 15) is 19.2 Å². The number of hydrogen-bond donors (Lipinski definition) is 3. The Labute approximate surface area is 283 Å². The number of ether oxygens (including phenoxy) is 3. The molecule has 0 bridgehead atoms. The molecule has 6 rings (SSSR count). The molecule has 1 fully saturated rings. The molecule has 2 aromatic heterocycles. The van der Waals surface area contributed by atoms with Gasteiger partial charge < -0.3 is 39.3 Å². The Morgan fingerprint density at radius 1 is 0.980 bits per heavy atom. The van der Waals surface area contributed by atoms with Gasteiger partial charge >= 0.3 is 5.97 Å². The molecule has 1 unspecified atom stereocenters. The highest BCUT2D eigenvalue weighted by Crippen LogP contribution is 2.38. The zero-order chi connectivity index (χ0) is 34.5. The van der Waals surface area contributed by atoms with Gasteiger partial charge in [0.2, 0.25) is 5.91 Å². The van der Waals surface area contributed by atoms with Gasteiger partial charge in [0.1, 0.15) is 11.4 Å². The van der Waals surface area contributed by atoms with Crippen LogP contribution < -0.4 is 20.1 Å². The van der Waals surface area contributed by atoms with Crippen LogP contribution in [0.4, 0.5) is 17.1 Å². The molecule has 0 saturated carbocycles. The highest BCUT2D eigenvalue weighted by Gasteiger charge is 2.31. The molecule has 1 saturated heterocycles. The number of carbonyl (C=O) groups is 4. The number of hydrogen-bond acceptors (Lipinski definition) is 8. The van der Waals surface area contributed by atoms with Crippen molar-refractivity contribution in [2.24, 2.45) is 12.0 Å².